The summed E-state index contributed by atoms with van der Waals surface area (Å²) in [6, 6.07) is 4.32. The van der Waals surface area contributed by atoms with Crippen LogP contribution in [0.2, 0.25) is 5.02 Å². The minimum Gasteiger partial charge on any atom is -0.398 e. The van der Waals surface area contributed by atoms with E-state index in [9.17, 15) is 8.42 Å². The fraction of sp³-hybridized carbons (Fsp3) is 0.538. The molecular formula is C13H21ClN2O2S. The number of nitrogen functional groups attached to an aromatic ring is 1. The van der Waals surface area contributed by atoms with E-state index in [1.54, 1.807) is 7.05 Å². The first-order valence-corrected chi connectivity index (χ1v) is 8.01. The van der Waals surface area contributed by atoms with Crippen LogP contribution in [0.3, 0.4) is 0 Å². The second-order valence-corrected chi connectivity index (χ2v) is 7.59. The molecule has 0 aromatic heterocycles. The third-order valence-corrected chi connectivity index (χ3v) is 5.38. The number of halogens is 1. The van der Waals surface area contributed by atoms with Crippen molar-refractivity contribution in [2.45, 2.75) is 38.1 Å². The predicted molar refractivity (Wildman–Crippen MR) is 79.7 cm³/mol. The lowest BCUT2D eigenvalue weighted by Gasteiger charge is -2.25. The van der Waals surface area contributed by atoms with Crippen molar-refractivity contribution in [3.05, 3.63) is 23.2 Å². The Morgan fingerprint density at radius 1 is 1.32 bits per heavy atom. The van der Waals surface area contributed by atoms with E-state index < -0.39 is 10.0 Å². The topological polar surface area (TPSA) is 63.4 Å². The van der Waals surface area contributed by atoms with E-state index in [1.807, 2.05) is 6.92 Å². The monoisotopic (exact) mass is 304 g/mol. The zero-order valence-corrected chi connectivity index (χ0v) is 13.3. The molecule has 0 aliphatic carbocycles. The Labute approximate surface area is 120 Å². The van der Waals surface area contributed by atoms with E-state index in [0.29, 0.717) is 11.6 Å². The van der Waals surface area contributed by atoms with E-state index >= 15 is 0 Å². The Morgan fingerprint density at radius 2 is 1.89 bits per heavy atom. The number of anilines is 1. The van der Waals surface area contributed by atoms with Crippen molar-refractivity contribution in [2.24, 2.45) is 5.92 Å². The summed E-state index contributed by atoms with van der Waals surface area (Å²) in [7, 11) is -1.94. The van der Waals surface area contributed by atoms with Gasteiger partial charge >= 0.3 is 0 Å². The van der Waals surface area contributed by atoms with Crippen LogP contribution in [-0.4, -0.2) is 25.8 Å². The summed E-state index contributed by atoms with van der Waals surface area (Å²) in [5, 5.41) is 0.256. The van der Waals surface area contributed by atoms with Crippen molar-refractivity contribution in [1.29, 1.82) is 0 Å². The molecule has 0 radical (unpaired) electrons. The standard InChI is InChI=1S/C13H21ClN2O2S/c1-9(2)7-10(3)16(4)19(17,18)11-5-6-13(15)12(14)8-11/h5-6,8-10H,7,15H2,1-4H3. The fourth-order valence-electron chi connectivity index (χ4n) is 1.90. The molecule has 0 saturated carbocycles. The van der Waals surface area contributed by atoms with Crippen LogP contribution in [-0.2, 0) is 10.0 Å². The lowest BCUT2D eigenvalue weighted by Crippen LogP contribution is -2.35. The first-order valence-electron chi connectivity index (χ1n) is 6.19. The van der Waals surface area contributed by atoms with Crippen molar-refractivity contribution >= 4 is 27.3 Å². The van der Waals surface area contributed by atoms with Crippen molar-refractivity contribution < 1.29 is 8.42 Å². The quantitative estimate of drug-likeness (QED) is 0.851. The van der Waals surface area contributed by atoms with Gasteiger partial charge < -0.3 is 5.73 Å². The Balaban J connectivity index is 3.06. The number of benzene rings is 1. The molecule has 0 saturated heterocycles. The van der Waals surface area contributed by atoms with Gasteiger partial charge in [-0.25, -0.2) is 8.42 Å². The number of hydrogen-bond donors (Lipinski definition) is 1. The van der Waals surface area contributed by atoms with Gasteiger partial charge in [-0.05, 0) is 37.5 Å². The van der Waals surface area contributed by atoms with E-state index in [0.717, 1.165) is 6.42 Å². The number of nitrogens with zero attached hydrogens (tertiary/aromatic N) is 1. The molecule has 2 N–H and O–H groups in total. The van der Waals surface area contributed by atoms with Crippen molar-refractivity contribution in [1.82, 2.24) is 4.31 Å². The number of sulfonamides is 1. The van der Waals surface area contributed by atoms with Gasteiger partial charge in [0.2, 0.25) is 10.0 Å². The van der Waals surface area contributed by atoms with Crippen molar-refractivity contribution in [3.8, 4) is 0 Å². The molecule has 0 heterocycles. The molecule has 0 amide bonds. The van der Waals surface area contributed by atoms with E-state index in [1.165, 1.54) is 22.5 Å². The van der Waals surface area contributed by atoms with E-state index in [-0.39, 0.29) is 16.0 Å². The summed E-state index contributed by atoms with van der Waals surface area (Å²) in [6.45, 7) is 6.03. The smallest absolute Gasteiger partial charge is 0.243 e. The largest absolute Gasteiger partial charge is 0.398 e. The molecule has 4 nitrogen and oxygen atoms in total. The average Bonchev–Trinajstić information content (AvgIpc) is 2.30. The average molecular weight is 305 g/mol. The Hall–Kier alpha value is -0.780. The molecular weight excluding hydrogens is 284 g/mol. The second kappa shape index (κ2) is 6.11. The Bertz CT molecular complexity index is 544. The molecule has 19 heavy (non-hydrogen) atoms. The molecule has 0 bridgehead atoms. The molecule has 0 spiro atoms. The highest BCUT2D eigenvalue weighted by Gasteiger charge is 2.26. The van der Waals surface area contributed by atoms with Crippen LogP contribution in [0.25, 0.3) is 0 Å². The number of nitrogens with two attached hydrogens (primary N) is 1. The molecule has 0 aliphatic heterocycles. The first-order chi connectivity index (χ1) is 8.66. The summed E-state index contributed by atoms with van der Waals surface area (Å²) in [6.07, 6.45) is 0.804. The summed E-state index contributed by atoms with van der Waals surface area (Å²) in [5.74, 6) is 0.433. The van der Waals surface area contributed by atoms with E-state index in [2.05, 4.69) is 13.8 Å². The molecule has 1 aromatic rings. The highest BCUT2D eigenvalue weighted by atomic mass is 35.5. The highest BCUT2D eigenvalue weighted by molar-refractivity contribution is 7.89. The normalized spacial score (nSPS) is 14.1. The van der Waals surface area contributed by atoms with Gasteiger partial charge in [-0.15, -0.1) is 0 Å². The molecule has 1 rings (SSSR count). The maximum Gasteiger partial charge on any atom is 0.243 e. The van der Waals surface area contributed by atoms with Crippen LogP contribution in [0, 0.1) is 5.92 Å². The molecule has 1 aromatic carbocycles. The minimum atomic E-state index is -3.53. The molecule has 1 unspecified atom stereocenters. The van der Waals surface area contributed by atoms with Gasteiger partial charge in [-0.1, -0.05) is 25.4 Å². The SMILES string of the molecule is CC(C)CC(C)N(C)S(=O)(=O)c1ccc(N)c(Cl)c1. The van der Waals surface area contributed by atoms with Crippen molar-refractivity contribution in [3.63, 3.8) is 0 Å². The fourth-order valence-corrected chi connectivity index (χ4v) is 3.55. The van der Waals surface area contributed by atoms with Gasteiger partial charge in [0.1, 0.15) is 0 Å². The summed E-state index contributed by atoms with van der Waals surface area (Å²) < 4.78 is 26.3. The van der Waals surface area contributed by atoms with Crippen LogP contribution < -0.4 is 5.73 Å². The van der Waals surface area contributed by atoms with Gasteiger partial charge in [-0.2, -0.15) is 4.31 Å². The zero-order valence-electron chi connectivity index (χ0n) is 11.7. The summed E-state index contributed by atoms with van der Waals surface area (Å²) in [4.78, 5) is 0.171. The predicted octanol–water partition coefficient (Wildman–Crippen LogP) is 2.98. The molecule has 108 valence electrons. The van der Waals surface area contributed by atoms with E-state index in [4.69, 9.17) is 17.3 Å². The molecule has 0 aliphatic rings. The second-order valence-electron chi connectivity index (χ2n) is 5.18. The Kier molecular flexibility index (Phi) is 5.24. The van der Waals surface area contributed by atoms with Crippen LogP contribution in [0.1, 0.15) is 27.2 Å². The maximum absolute atomic E-state index is 12.4. The lowest BCUT2D eigenvalue weighted by molar-refractivity contribution is 0.338. The van der Waals surface area contributed by atoms with Crippen LogP contribution >= 0.6 is 11.6 Å². The maximum atomic E-state index is 12.4. The van der Waals surface area contributed by atoms with Gasteiger partial charge in [0, 0.05) is 13.1 Å². The lowest BCUT2D eigenvalue weighted by atomic mass is 10.1. The third kappa shape index (κ3) is 3.84. The zero-order chi connectivity index (χ0) is 14.8. The van der Waals surface area contributed by atoms with Gasteiger partial charge in [0.05, 0.1) is 15.6 Å². The molecule has 1 atom stereocenters. The van der Waals surface area contributed by atoms with Gasteiger partial charge in [-0.3, -0.25) is 0 Å². The third-order valence-electron chi connectivity index (χ3n) is 3.08. The minimum absolute atomic E-state index is 0.0682. The Morgan fingerprint density at radius 3 is 2.37 bits per heavy atom. The van der Waals surface area contributed by atoms with Crippen LogP contribution in [0.5, 0.6) is 0 Å². The first kappa shape index (κ1) is 16.3. The summed E-state index contributed by atoms with van der Waals surface area (Å²) in [5.41, 5.74) is 5.97. The van der Waals surface area contributed by atoms with Gasteiger partial charge in [0.25, 0.3) is 0 Å². The van der Waals surface area contributed by atoms with Crippen molar-refractivity contribution in [2.75, 3.05) is 12.8 Å². The molecule has 0 fully saturated rings. The number of hydrogen-bond acceptors (Lipinski definition) is 3. The van der Waals surface area contributed by atoms with Crippen LogP contribution in [0.15, 0.2) is 23.1 Å². The summed E-state index contributed by atoms with van der Waals surface area (Å²) >= 11 is 5.88. The molecule has 6 heteroatoms. The number of rotatable bonds is 5. The highest BCUT2D eigenvalue weighted by Crippen LogP contribution is 2.25. The van der Waals surface area contributed by atoms with Gasteiger partial charge in [0.15, 0.2) is 0 Å². The van der Waals surface area contributed by atoms with Crippen LogP contribution in [0.4, 0.5) is 5.69 Å².